The standard InChI is InChI=1S/C19H22ClNO2/c1-21-10-9-14-15(11-17(22-2)19(23-3)18(14)20)16(12-21)13-7-5-4-6-8-13/h4-8,11,16H,9-10,12H2,1-3H3. The van der Waals surface area contributed by atoms with Crippen molar-refractivity contribution in [2.24, 2.45) is 0 Å². The number of ether oxygens (including phenoxy) is 2. The molecule has 1 atom stereocenters. The molecule has 2 aromatic carbocycles. The lowest BCUT2D eigenvalue weighted by atomic mass is 9.87. The maximum atomic E-state index is 6.66. The Morgan fingerprint density at radius 1 is 1.13 bits per heavy atom. The van der Waals surface area contributed by atoms with Gasteiger partial charge in [-0.3, -0.25) is 0 Å². The van der Waals surface area contributed by atoms with Gasteiger partial charge in [0.1, 0.15) is 0 Å². The summed E-state index contributed by atoms with van der Waals surface area (Å²) >= 11 is 6.66. The zero-order valence-electron chi connectivity index (χ0n) is 13.8. The Bertz CT molecular complexity index is 688. The summed E-state index contributed by atoms with van der Waals surface area (Å²) in [7, 11) is 5.44. The van der Waals surface area contributed by atoms with Gasteiger partial charge in [-0.05, 0) is 36.2 Å². The number of hydrogen-bond donors (Lipinski definition) is 0. The molecular weight excluding hydrogens is 310 g/mol. The van der Waals surface area contributed by atoms with Crippen molar-refractivity contribution in [3.05, 3.63) is 58.1 Å². The summed E-state index contributed by atoms with van der Waals surface area (Å²) in [4.78, 5) is 2.35. The summed E-state index contributed by atoms with van der Waals surface area (Å²) in [6.45, 7) is 1.94. The minimum Gasteiger partial charge on any atom is -0.493 e. The van der Waals surface area contributed by atoms with E-state index in [4.69, 9.17) is 21.1 Å². The van der Waals surface area contributed by atoms with Crippen LogP contribution in [0.5, 0.6) is 11.5 Å². The maximum absolute atomic E-state index is 6.66. The highest BCUT2D eigenvalue weighted by Gasteiger charge is 2.28. The fourth-order valence-corrected chi connectivity index (χ4v) is 3.72. The molecule has 122 valence electrons. The molecule has 0 radical (unpaired) electrons. The van der Waals surface area contributed by atoms with Crippen molar-refractivity contribution in [1.82, 2.24) is 4.90 Å². The van der Waals surface area contributed by atoms with Gasteiger partial charge < -0.3 is 14.4 Å². The second-order valence-corrected chi connectivity index (χ2v) is 6.35. The van der Waals surface area contributed by atoms with Crippen molar-refractivity contribution in [2.75, 3.05) is 34.4 Å². The third-order valence-corrected chi connectivity index (χ3v) is 4.96. The Kier molecular flexibility index (Phi) is 4.79. The number of fused-ring (bicyclic) bond motifs is 1. The average Bonchev–Trinajstić information content (AvgIpc) is 2.75. The van der Waals surface area contributed by atoms with Crippen LogP contribution in [-0.2, 0) is 6.42 Å². The molecule has 23 heavy (non-hydrogen) atoms. The molecule has 2 aromatic rings. The van der Waals surface area contributed by atoms with E-state index in [0.717, 1.165) is 19.5 Å². The Hall–Kier alpha value is -1.71. The molecule has 0 saturated heterocycles. The number of hydrogen-bond acceptors (Lipinski definition) is 3. The second-order valence-electron chi connectivity index (χ2n) is 5.97. The van der Waals surface area contributed by atoms with Crippen LogP contribution < -0.4 is 9.47 Å². The second kappa shape index (κ2) is 6.81. The molecule has 0 bridgehead atoms. The number of likely N-dealkylation sites (N-methyl/N-ethyl adjacent to an activating group) is 1. The van der Waals surface area contributed by atoms with Crippen LogP contribution in [0.4, 0.5) is 0 Å². The largest absolute Gasteiger partial charge is 0.493 e. The van der Waals surface area contributed by atoms with E-state index >= 15 is 0 Å². The highest BCUT2D eigenvalue weighted by Crippen LogP contribution is 2.44. The van der Waals surface area contributed by atoms with Gasteiger partial charge >= 0.3 is 0 Å². The van der Waals surface area contributed by atoms with Crippen molar-refractivity contribution in [1.29, 1.82) is 0 Å². The van der Waals surface area contributed by atoms with Crippen molar-refractivity contribution in [3.63, 3.8) is 0 Å². The van der Waals surface area contributed by atoms with E-state index in [9.17, 15) is 0 Å². The predicted octanol–water partition coefficient (Wildman–Crippen LogP) is 3.98. The van der Waals surface area contributed by atoms with E-state index in [1.165, 1.54) is 16.7 Å². The van der Waals surface area contributed by atoms with Crippen LogP contribution in [0.2, 0.25) is 5.02 Å². The quantitative estimate of drug-likeness (QED) is 0.849. The van der Waals surface area contributed by atoms with Gasteiger partial charge in [0.25, 0.3) is 0 Å². The highest BCUT2D eigenvalue weighted by atomic mass is 35.5. The van der Waals surface area contributed by atoms with E-state index < -0.39 is 0 Å². The summed E-state index contributed by atoms with van der Waals surface area (Å²) in [5, 5.41) is 0.679. The molecule has 0 saturated carbocycles. The molecule has 1 aliphatic rings. The van der Waals surface area contributed by atoms with Crippen LogP contribution >= 0.6 is 11.6 Å². The van der Waals surface area contributed by atoms with E-state index in [1.807, 2.05) is 6.07 Å². The molecule has 1 unspecified atom stereocenters. The first kappa shape index (κ1) is 16.2. The van der Waals surface area contributed by atoms with Crippen LogP contribution in [0.15, 0.2) is 36.4 Å². The highest BCUT2D eigenvalue weighted by molar-refractivity contribution is 6.33. The number of halogens is 1. The third kappa shape index (κ3) is 3.04. The molecular formula is C19H22ClNO2. The van der Waals surface area contributed by atoms with Gasteiger partial charge in [0, 0.05) is 19.0 Å². The molecule has 3 nitrogen and oxygen atoms in total. The summed E-state index contributed by atoms with van der Waals surface area (Å²) in [6.07, 6.45) is 0.911. The Labute approximate surface area is 142 Å². The van der Waals surface area contributed by atoms with Gasteiger partial charge in [-0.25, -0.2) is 0 Å². The van der Waals surface area contributed by atoms with Crippen molar-refractivity contribution < 1.29 is 9.47 Å². The Morgan fingerprint density at radius 3 is 2.52 bits per heavy atom. The smallest absolute Gasteiger partial charge is 0.179 e. The molecule has 0 spiro atoms. The monoisotopic (exact) mass is 331 g/mol. The van der Waals surface area contributed by atoms with Gasteiger partial charge in [-0.2, -0.15) is 0 Å². The van der Waals surface area contributed by atoms with Crippen LogP contribution in [0.3, 0.4) is 0 Å². The van der Waals surface area contributed by atoms with Crippen LogP contribution in [-0.4, -0.2) is 39.3 Å². The van der Waals surface area contributed by atoms with E-state index in [1.54, 1.807) is 14.2 Å². The first-order chi connectivity index (χ1) is 11.2. The Balaban J connectivity index is 2.19. The molecule has 0 amide bonds. The van der Waals surface area contributed by atoms with Crippen LogP contribution in [0, 0.1) is 0 Å². The van der Waals surface area contributed by atoms with E-state index in [2.05, 4.69) is 42.3 Å². The van der Waals surface area contributed by atoms with E-state index in [0.29, 0.717) is 16.5 Å². The Morgan fingerprint density at radius 2 is 1.87 bits per heavy atom. The van der Waals surface area contributed by atoms with Crippen molar-refractivity contribution in [2.45, 2.75) is 12.3 Å². The summed E-state index contributed by atoms with van der Waals surface area (Å²) in [5.41, 5.74) is 3.71. The van der Waals surface area contributed by atoms with Crippen molar-refractivity contribution in [3.8, 4) is 11.5 Å². The molecule has 1 heterocycles. The minimum absolute atomic E-state index is 0.274. The van der Waals surface area contributed by atoms with Crippen molar-refractivity contribution >= 4 is 11.6 Å². The first-order valence-electron chi connectivity index (χ1n) is 7.82. The lowest BCUT2D eigenvalue weighted by Crippen LogP contribution is -2.24. The molecule has 0 N–H and O–H groups in total. The minimum atomic E-state index is 0.274. The normalized spacial score (nSPS) is 18.2. The lowest BCUT2D eigenvalue weighted by molar-refractivity contribution is 0.338. The van der Waals surface area contributed by atoms with Gasteiger partial charge in [0.2, 0.25) is 0 Å². The number of rotatable bonds is 3. The zero-order chi connectivity index (χ0) is 16.4. The molecule has 0 aromatic heterocycles. The van der Waals surface area contributed by atoms with Crippen LogP contribution in [0.1, 0.15) is 22.6 Å². The molecule has 1 aliphatic heterocycles. The third-order valence-electron chi connectivity index (χ3n) is 4.56. The number of nitrogens with zero attached hydrogens (tertiary/aromatic N) is 1. The van der Waals surface area contributed by atoms with Gasteiger partial charge in [-0.1, -0.05) is 41.9 Å². The molecule has 0 aliphatic carbocycles. The van der Waals surface area contributed by atoms with Gasteiger partial charge in [-0.15, -0.1) is 0 Å². The first-order valence-corrected chi connectivity index (χ1v) is 8.20. The van der Waals surface area contributed by atoms with E-state index in [-0.39, 0.29) is 5.92 Å². The summed E-state index contributed by atoms with van der Waals surface area (Å²) in [5.74, 6) is 1.60. The fourth-order valence-electron chi connectivity index (χ4n) is 3.35. The summed E-state index contributed by atoms with van der Waals surface area (Å²) < 4.78 is 11.0. The fraction of sp³-hybridized carbons (Fsp3) is 0.368. The van der Waals surface area contributed by atoms with Crippen LogP contribution in [0.25, 0.3) is 0 Å². The van der Waals surface area contributed by atoms with Gasteiger partial charge in [0.15, 0.2) is 11.5 Å². The van der Waals surface area contributed by atoms with Gasteiger partial charge in [0.05, 0.1) is 19.2 Å². The maximum Gasteiger partial charge on any atom is 0.179 e. The molecule has 0 fully saturated rings. The SMILES string of the molecule is COc1cc2c(c(Cl)c1OC)CCN(C)CC2c1ccccc1. The molecule has 3 rings (SSSR count). The lowest BCUT2D eigenvalue weighted by Gasteiger charge is -2.23. The predicted molar refractivity (Wildman–Crippen MR) is 94.0 cm³/mol. The zero-order valence-corrected chi connectivity index (χ0v) is 14.6. The number of benzene rings is 2. The topological polar surface area (TPSA) is 21.7 Å². The summed E-state index contributed by atoms with van der Waals surface area (Å²) in [6, 6.07) is 12.7. The number of methoxy groups -OCH3 is 2. The molecule has 4 heteroatoms. The average molecular weight is 332 g/mol.